The number of aromatic nitrogens is 1. The van der Waals surface area contributed by atoms with E-state index in [9.17, 15) is 0 Å². The molecule has 5 nitrogen and oxygen atoms in total. The quantitative estimate of drug-likeness (QED) is 0.248. The molecule has 5 aromatic rings. The van der Waals surface area contributed by atoms with E-state index in [1.54, 1.807) is 0 Å². The molecule has 0 fully saturated rings. The van der Waals surface area contributed by atoms with E-state index in [4.69, 9.17) is 14.2 Å². The molecule has 35 heavy (non-hydrogen) atoms. The van der Waals surface area contributed by atoms with Gasteiger partial charge in [0.1, 0.15) is 0 Å². The first kappa shape index (κ1) is 24.2. The number of rotatable bonds is 4. The van der Waals surface area contributed by atoms with Gasteiger partial charge in [0, 0.05) is 35.4 Å². The summed E-state index contributed by atoms with van der Waals surface area (Å²) < 4.78 is 36.9. The fourth-order valence-electron chi connectivity index (χ4n) is 3.89. The number of hydrogen-bond donors (Lipinski definition) is 0. The number of para-hydroxylation sites is 1. The second kappa shape index (κ2) is 11.0. The van der Waals surface area contributed by atoms with Crippen molar-refractivity contribution in [3.8, 4) is 39.3 Å². The van der Waals surface area contributed by atoms with Gasteiger partial charge in [0.05, 0.1) is 0 Å². The van der Waals surface area contributed by atoms with Gasteiger partial charge < -0.3 is 0 Å². The number of hydrogen-bond acceptors (Lipinski definition) is 4. The average molecular weight is 635 g/mol. The molecular formula is C29H22NO4Re. The molecule has 6 heteroatoms. The van der Waals surface area contributed by atoms with E-state index in [1.807, 2.05) is 0 Å². The van der Waals surface area contributed by atoms with E-state index in [2.05, 4.69) is 138 Å². The SMILES string of the molecule is [O]=[Re](=[O])(=[O])[O-].c1ccc(-c2cc(-c3ccccc3)[n+](-c3ccccc3)c(-c3ccccc3)c2)cc1. The van der Waals surface area contributed by atoms with E-state index in [0.717, 1.165) is 5.69 Å². The normalized spacial score (nSPS) is 10.8. The number of nitrogens with zero attached hydrogens (tertiary/aromatic N) is 1. The summed E-state index contributed by atoms with van der Waals surface area (Å²) in [6, 6.07) is 47.0. The van der Waals surface area contributed by atoms with E-state index < -0.39 is 15.8 Å². The molecule has 0 saturated carbocycles. The molecule has 5 rings (SSSR count). The Bertz CT molecular complexity index is 1490. The van der Waals surface area contributed by atoms with Crippen LogP contribution in [-0.4, -0.2) is 0 Å². The first-order chi connectivity index (χ1) is 16.9. The molecule has 1 heterocycles. The molecule has 4 aromatic carbocycles. The molecule has 0 atom stereocenters. The van der Waals surface area contributed by atoms with Gasteiger partial charge in [0.2, 0.25) is 17.1 Å². The molecule has 0 unspecified atom stereocenters. The van der Waals surface area contributed by atoms with Crippen LogP contribution in [0, 0.1) is 0 Å². The van der Waals surface area contributed by atoms with Crippen molar-refractivity contribution in [2.24, 2.45) is 0 Å². The molecule has 0 aliphatic carbocycles. The minimum absolute atomic E-state index is 1.15. The van der Waals surface area contributed by atoms with Crippen LogP contribution < -0.4 is 8.40 Å². The van der Waals surface area contributed by atoms with Gasteiger partial charge in [-0.3, -0.25) is 0 Å². The smallest absolute Gasteiger partial charge is 0.153 e. The van der Waals surface area contributed by atoms with Crippen LogP contribution in [0.25, 0.3) is 39.3 Å². The van der Waals surface area contributed by atoms with Gasteiger partial charge in [-0.1, -0.05) is 84.9 Å². The summed E-state index contributed by atoms with van der Waals surface area (Å²) >= 11 is -6.11. The van der Waals surface area contributed by atoms with Crippen LogP contribution in [-0.2, 0) is 26.2 Å². The van der Waals surface area contributed by atoms with Gasteiger partial charge in [-0.25, -0.2) is 0 Å². The topological polar surface area (TPSA) is 78.1 Å². The van der Waals surface area contributed by atoms with Crippen molar-refractivity contribution in [1.82, 2.24) is 0 Å². The molecule has 0 bridgehead atoms. The van der Waals surface area contributed by atoms with Crippen molar-refractivity contribution >= 4 is 0 Å². The zero-order valence-corrected chi connectivity index (χ0v) is 21.4. The van der Waals surface area contributed by atoms with E-state index in [-0.39, 0.29) is 0 Å². The predicted octanol–water partition coefficient (Wildman–Crippen LogP) is 5.42. The Morgan fingerprint density at radius 2 is 0.771 bits per heavy atom. The third-order valence-corrected chi connectivity index (χ3v) is 5.33. The molecule has 0 aliphatic heterocycles. The minimum Gasteiger partial charge on any atom is -0.153 e. The fourth-order valence-corrected chi connectivity index (χ4v) is 3.89. The average Bonchev–Trinajstić information content (AvgIpc) is 2.89. The summed E-state index contributed by atoms with van der Waals surface area (Å²) in [7, 11) is 0. The molecule has 0 N–H and O–H groups in total. The maximum Gasteiger partial charge on any atom is 0.219 e. The Morgan fingerprint density at radius 1 is 0.457 bits per heavy atom. The Morgan fingerprint density at radius 3 is 1.14 bits per heavy atom. The Labute approximate surface area is 206 Å². The monoisotopic (exact) mass is 635 g/mol. The maximum absolute atomic E-state index is 8.64. The number of benzene rings is 4. The summed E-state index contributed by atoms with van der Waals surface area (Å²) in [6.45, 7) is 0. The van der Waals surface area contributed by atoms with E-state index in [0.29, 0.717) is 0 Å². The Kier molecular flexibility index (Phi) is 7.59. The first-order valence-corrected chi connectivity index (χ1v) is 15.3. The van der Waals surface area contributed by atoms with Crippen LogP contribution in [0.2, 0.25) is 0 Å². The van der Waals surface area contributed by atoms with Crippen molar-refractivity contribution in [1.29, 1.82) is 0 Å². The second-order valence-corrected chi connectivity index (χ2v) is 10.4. The summed E-state index contributed by atoms with van der Waals surface area (Å²) in [5.74, 6) is 0. The number of pyridine rings is 1. The van der Waals surface area contributed by atoms with Crippen LogP contribution >= 0.6 is 0 Å². The van der Waals surface area contributed by atoms with E-state index in [1.165, 1.54) is 33.6 Å². The molecule has 1 aromatic heterocycles. The van der Waals surface area contributed by atoms with Gasteiger partial charge >= 0.3 is 30.0 Å². The van der Waals surface area contributed by atoms with Crippen LogP contribution in [0.4, 0.5) is 0 Å². The van der Waals surface area contributed by atoms with Crippen LogP contribution in [0.3, 0.4) is 0 Å². The summed E-state index contributed by atoms with van der Waals surface area (Å²) in [6.07, 6.45) is 0. The van der Waals surface area contributed by atoms with Crippen molar-refractivity contribution in [2.45, 2.75) is 0 Å². The van der Waals surface area contributed by atoms with Crippen LogP contribution in [0.15, 0.2) is 133 Å². The largest absolute Gasteiger partial charge is 0.219 e. The summed E-state index contributed by atoms with van der Waals surface area (Å²) in [5, 5.41) is 0. The van der Waals surface area contributed by atoms with Gasteiger partial charge in [0.25, 0.3) is 0 Å². The zero-order chi connectivity index (χ0) is 24.7. The van der Waals surface area contributed by atoms with Gasteiger partial charge in [-0.2, -0.15) is 4.57 Å². The van der Waals surface area contributed by atoms with Gasteiger partial charge in [-0.05, 0) is 35.4 Å². The van der Waals surface area contributed by atoms with Gasteiger partial charge in [-0.15, -0.1) is 0 Å². The standard InChI is InChI=1S/C29H22N.4O.Re/c1-5-13-23(14-6-1)26-21-28(24-15-7-2-8-16-24)30(27-19-11-4-12-20-27)29(22-26)25-17-9-3-10-18-25;;;;;/h1-22H;;;;;/q+1;;;;-1;. The summed E-state index contributed by atoms with van der Waals surface area (Å²) in [4.78, 5) is 0. The molecule has 174 valence electrons. The predicted molar refractivity (Wildman–Crippen MR) is 126 cm³/mol. The Balaban J connectivity index is 0.000000527. The van der Waals surface area contributed by atoms with Crippen molar-refractivity contribution < 1.29 is 34.6 Å². The summed E-state index contributed by atoms with van der Waals surface area (Å²) in [5.41, 5.74) is 8.29. The first-order valence-electron chi connectivity index (χ1n) is 10.8. The van der Waals surface area contributed by atoms with Crippen LogP contribution in [0.1, 0.15) is 0 Å². The van der Waals surface area contributed by atoms with Crippen molar-refractivity contribution in [3.63, 3.8) is 0 Å². The van der Waals surface area contributed by atoms with Gasteiger partial charge in [0.15, 0.2) is 0 Å². The second-order valence-electron chi connectivity index (χ2n) is 7.66. The van der Waals surface area contributed by atoms with Crippen molar-refractivity contribution in [2.75, 3.05) is 0 Å². The van der Waals surface area contributed by atoms with E-state index >= 15 is 0 Å². The third kappa shape index (κ3) is 6.56. The zero-order valence-electron chi connectivity index (χ0n) is 18.7. The van der Waals surface area contributed by atoms with Crippen molar-refractivity contribution in [3.05, 3.63) is 133 Å². The minimum atomic E-state index is -6.11. The molecular weight excluding hydrogens is 613 g/mol. The third-order valence-electron chi connectivity index (χ3n) is 5.33. The Hall–Kier alpha value is -3.95. The molecule has 0 saturated heterocycles. The molecule has 0 radical (unpaired) electrons. The molecule has 0 aliphatic rings. The molecule has 0 amide bonds. The molecule has 0 spiro atoms. The fraction of sp³-hybridized carbons (Fsp3) is 0. The maximum atomic E-state index is 8.64. The van der Waals surface area contributed by atoms with Crippen LogP contribution in [0.5, 0.6) is 0 Å².